The first-order valence-corrected chi connectivity index (χ1v) is 14.1. The van der Waals surface area contributed by atoms with Crippen LogP contribution in [0.5, 0.6) is 0 Å². The molecule has 3 aliphatic heterocycles. The third kappa shape index (κ3) is 6.59. The van der Waals surface area contributed by atoms with E-state index in [4.69, 9.17) is 18.9 Å². The summed E-state index contributed by atoms with van der Waals surface area (Å²) in [6.07, 6.45) is 4.95. The molecule has 0 spiro atoms. The number of nitrogens with zero attached hydrogens (tertiary/aromatic N) is 3. The maximum absolute atomic E-state index is 14.0. The van der Waals surface area contributed by atoms with Crippen LogP contribution in [0.3, 0.4) is 0 Å². The molecule has 206 valence electrons. The summed E-state index contributed by atoms with van der Waals surface area (Å²) in [5, 5.41) is 0. The van der Waals surface area contributed by atoms with Gasteiger partial charge in [-0.15, -0.1) is 0 Å². The van der Waals surface area contributed by atoms with Crippen molar-refractivity contribution >= 4 is 11.9 Å². The summed E-state index contributed by atoms with van der Waals surface area (Å²) < 4.78 is 23.7. The first kappa shape index (κ1) is 27.8. The van der Waals surface area contributed by atoms with Gasteiger partial charge >= 0.3 is 11.9 Å². The van der Waals surface area contributed by atoms with E-state index in [2.05, 4.69) is 14.7 Å². The lowest BCUT2D eigenvalue weighted by Gasteiger charge is -2.55. The topological polar surface area (TPSA) is 80.8 Å². The summed E-state index contributed by atoms with van der Waals surface area (Å²) >= 11 is 0. The van der Waals surface area contributed by atoms with Crippen molar-refractivity contribution in [2.45, 2.75) is 83.8 Å². The summed E-state index contributed by atoms with van der Waals surface area (Å²) in [6.45, 7) is 15.8. The number of likely N-dealkylation sites (tertiary alicyclic amines) is 2. The summed E-state index contributed by atoms with van der Waals surface area (Å²) in [5.41, 5.74) is -0.606. The average molecular weight is 510 g/mol. The lowest BCUT2D eigenvalue weighted by molar-refractivity contribution is -0.295. The molecule has 9 nitrogen and oxygen atoms in total. The third-order valence-electron chi connectivity index (χ3n) is 7.83. The van der Waals surface area contributed by atoms with Crippen LogP contribution in [0, 0.1) is 11.8 Å². The smallest absolute Gasteiger partial charge is 0.371 e. The average Bonchev–Trinajstić information content (AvgIpc) is 3.35. The van der Waals surface area contributed by atoms with Gasteiger partial charge in [-0.05, 0) is 72.1 Å². The van der Waals surface area contributed by atoms with E-state index >= 15 is 0 Å². The Morgan fingerprint density at radius 2 is 1.56 bits per heavy atom. The molecule has 0 N–H and O–H groups in total. The minimum absolute atomic E-state index is 0.0746. The number of ether oxygens (including phenoxy) is 4. The third-order valence-corrected chi connectivity index (χ3v) is 7.83. The van der Waals surface area contributed by atoms with E-state index in [0.29, 0.717) is 12.5 Å². The van der Waals surface area contributed by atoms with E-state index in [9.17, 15) is 9.59 Å². The Labute approximate surface area is 216 Å². The zero-order valence-electron chi connectivity index (χ0n) is 22.8. The zero-order chi connectivity index (χ0) is 25.8. The SMILES string of the molecule is CCOC(=O)[C@H]1CC[C@H](OC(C(=O)OC(C)(C)C)(N2CCCC2)N2CC(CN3CCOCC3)C2)CC1. The van der Waals surface area contributed by atoms with E-state index in [0.717, 1.165) is 97.6 Å². The maximum Gasteiger partial charge on any atom is 0.371 e. The highest BCUT2D eigenvalue weighted by molar-refractivity contribution is 5.79. The molecule has 1 atom stereocenters. The van der Waals surface area contributed by atoms with Gasteiger partial charge < -0.3 is 18.9 Å². The van der Waals surface area contributed by atoms with E-state index in [1.54, 1.807) is 0 Å². The van der Waals surface area contributed by atoms with Crippen LogP contribution in [0.25, 0.3) is 0 Å². The quantitative estimate of drug-likeness (QED) is 0.436. The van der Waals surface area contributed by atoms with Crippen LogP contribution < -0.4 is 0 Å². The highest BCUT2D eigenvalue weighted by atomic mass is 16.6. The van der Waals surface area contributed by atoms with Gasteiger partial charge in [0.05, 0.1) is 31.8 Å². The van der Waals surface area contributed by atoms with Crippen LogP contribution in [0.2, 0.25) is 0 Å². The molecule has 0 aromatic carbocycles. The molecular formula is C27H47N3O6. The van der Waals surface area contributed by atoms with Crippen molar-refractivity contribution in [2.75, 3.05) is 65.6 Å². The maximum atomic E-state index is 14.0. The van der Waals surface area contributed by atoms with Crippen LogP contribution in [-0.4, -0.2) is 110 Å². The Morgan fingerprint density at radius 3 is 2.14 bits per heavy atom. The Kier molecular flexibility index (Phi) is 9.31. The molecule has 4 rings (SSSR count). The van der Waals surface area contributed by atoms with Crippen molar-refractivity contribution in [3.63, 3.8) is 0 Å². The predicted molar refractivity (Wildman–Crippen MR) is 135 cm³/mol. The van der Waals surface area contributed by atoms with Gasteiger partial charge in [0.2, 0.25) is 0 Å². The molecule has 36 heavy (non-hydrogen) atoms. The van der Waals surface area contributed by atoms with Crippen molar-refractivity contribution in [2.24, 2.45) is 11.8 Å². The molecular weight excluding hydrogens is 462 g/mol. The van der Waals surface area contributed by atoms with Crippen molar-refractivity contribution in [3.05, 3.63) is 0 Å². The first-order chi connectivity index (χ1) is 17.2. The summed E-state index contributed by atoms with van der Waals surface area (Å²) in [7, 11) is 0. The van der Waals surface area contributed by atoms with E-state index in [1.807, 2.05) is 27.7 Å². The standard InChI is InChI=1S/C27H47N3O6/c1-5-34-24(31)22-8-10-23(11-9-22)35-27(29-12-6-7-13-29,25(32)36-26(2,3)4)30-19-21(20-30)18-28-14-16-33-17-15-28/h21-23H,5-20H2,1-4H3/t22-,23-,27?. The first-order valence-electron chi connectivity index (χ1n) is 14.1. The Balaban J connectivity index is 1.49. The van der Waals surface area contributed by atoms with Gasteiger partial charge in [-0.25, -0.2) is 4.79 Å². The van der Waals surface area contributed by atoms with Gasteiger partial charge in [0, 0.05) is 45.8 Å². The molecule has 1 saturated carbocycles. The van der Waals surface area contributed by atoms with Gasteiger partial charge in [-0.3, -0.25) is 19.5 Å². The Bertz CT molecular complexity index is 732. The van der Waals surface area contributed by atoms with Gasteiger partial charge in [-0.2, -0.15) is 0 Å². The number of morpholine rings is 1. The second-order valence-electron chi connectivity index (χ2n) is 11.8. The van der Waals surface area contributed by atoms with E-state index in [1.165, 1.54) is 0 Å². The highest BCUT2D eigenvalue weighted by Gasteiger charge is 2.58. The second-order valence-corrected chi connectivity index (χ2v) is 11.8. The number of carbonyl (C=O) groups is 2. The minimum atomic E-state index is -1.20. The van der Waals surface area contributed by atoms with Crippen LogP contribution in [0.15, 0.2) is 0 Å². The second kappa shape index (κ2) is 12.1. The molecule has 1 aliphatic carbocycles. The fraction of sp³-hybridized carbons (Fsp3) is 0.926. The van der Waals surface area contributed by atoms with Crippen molar-refractivity contribution in [1.29, 1.82) is 0 Å². The van der Waals surface area contributed by atoms with Crippen molar-refractivity contribution < 1.29 is 28.5 Å². The van der Waals surface area contributed by atoms with E-state index in [-0.39, 0.29) is 24.0 Å². The summed E-state index contributed by atoms with van der Waals surface area (Å²) in [6, 6.07) is 0. The predicted octanol–water partition coefficient (Wildman–Crippen LogP) is 2.48. The van der Waals surface area contributed by atoms with Crippen molar-refractivity contribution in [3.8, 4) is 0 Å². The van der Waals surface area contributed by atoms with E-state index < -0.39 is 11.4 Å². The van der Waals surface area contributed by atoms with Crippen molar-refractivity contribution in [1.82, 2.24) is 14.7 Å². The summed E-state index contributed by atoms with van der Waals surface area (Å²) in [4.78, 5) is 33.2. The number of hydrogen-bond donors (Lipinski definition) is 0. The zero-order valence-corrected chi connectivity index (χ0v) is 22.8. The number of carbonyl (C=O) groups excluding carboxylic acids is 2. The van der Waals surface area contributed by atoms with Gasteiger partial charge in [0.1, 0.15) is 5.60 Å². The molecule has 9 heteroatoms. The van der Waals surface area contributed by atoms with Crippen LogP contribution in [-0.2, 0) is 28.5 Å². The lowest BCUT2D eigenvalue weighted by atomic mass is 9.87. The van der Waals surface area contributed by atoms with Gasteiger partial charge in [-0.1, -0.05) is 0 Å². The monoisotopic (exact) mass is 509 g/mol. The molecule has 0 aromatic rings. The minimum Gasteiger partial charge on any atom is -0.466 e. The Morgan fingerprint density at radius 1 is 0.917 bits per heavy atom. The molecule has 1 unspecified atom stereocenters. The Hall–Kier alpha value is -1.26. The molecule has 0 aromatic heterocycles. The van der Waals surface area contributed by atoms with Gasteiger partial charge in [0.15, 0.2) is 0 Å². The molecule has 3 heterocycles. The molecule has 4 aliphatic rings. The van der Waals surface area contributed by atoms with Crippen LogP contribution in [0.4, 0.5) is 0 Å². The van der Waals surface area contributed by atoms with Crippen LogP contribution in [0.1, 0.15) is 66.2 Å². The lowest BCUT2D eigenvalue weighted by Crippen LogP contribution is -2.74. The fourth-order valence-corrected chi connectivity index (χ4v) is 6.01. The number of rotatable bonds is 9. The molecule has 0 radical (unpaired) electrons. The number of hydrogen-bond acceptors (Lipinski definition) is 9. The molecule has 0 amide bonds. The summed E-state index contributed by atoms with van der Waals surface area (Å²) in [5.74, 6) is -1.19. The normalized spacial score (nSPS) is 28.9. The largest absolute Gasteiger partial charge is 0.466 e. The highest BCUT2D eigenvalue weighted by Crippen LogP contribution is 2.39. The molecule has 3 saturated heterocycles. The molecule has 0 bridgehead atoms. The number of esters is 2. The van der Waals surface area contributed by atoms with Gasteiger partial charge in [0.25, 0.3) is 5.85 Å². The fourth-order valence-electron chi connectivity index (χ4n) is 6.01. The molecule has 4 fully saturated rings. The van der Waals surface area contributed by atoms with Crippen LogP contribution >= 0.6 is 0 Å².